The van der Waals surface area contributed by atoms with Gasteiger partial charge in [-0.15, -0.1) is 0 Å². The van der Waals surface area contributed by atoms with Gasteiger partial charge in [0.15, 0.2) is 0 Å². The van der Waals surface area contributed by atoms with Gasteiger partial charge in [-0.25, -0.2) is 8.78 Å². The molecule has 2 atom stereocenters. The van der Waals surface area contributed by atoms with E-state index in [2.05, 4.69) is 53.5 Å². The van der Waals surface area contributed by atoms with Crippen LogP contribution in [0.15, 0.2) is 55.0 Å². The second kappa shape index (κ2) is 12.1. The molecule has 0 radical (unpaired) electrons. The van der Waals surface area contributed by atoms with Crippen molar-refractivity contribution < 1.29 is 18.7 Å². The highest BCUT2D eigenvalue weighted by molar-refractivity contribution is 5.73. The number of halogens is 2. The number of aromatic nitrogens is 2. The topological polar surface area (TPSA) is 87.1 Å². The Balaban J connectivity index is 1.74. The summed E-state index contributed by atoms with van der Waals surface area (Å²) in [4.78, 5) is 20.3. The minimum absolute atomic E-state index is 0.0863. The molecule has 6 nitrogen and oxygen atoms in total. The molecule has 1 heterocycles. The molecule has 0 bridgehead atoms. The van der Waals surface area contributed by atoms with Gasteiger partial charge in [-0.1, -0.05) is 39.0 Å². The predicted octanol–water partition coefficient (Wildman–Crippen LogP) is 4.21. The molecule has 0 aliphatic heterocycles. The van der Waals surface area contributed by atoms with Crippen LogP contribution in [-0.2, 0) is 24.2 Å². The monoisotopic (exact) mass is 496 g/mol. The lowest BCUT2D eigenvalue weighted by Crippen LogP contribution is -2.48. The van der Waals surface area contributed by atoms with Crippen LogP contribution >= 0.6 is 0 Å². The summed E-state index contributed by atoms with van der Waals surface area (Å²) in [6.45, 7) is 8.50. The van der Waals surface area contributed by atoms with E-state index in [9.17, 15) is 18.7 Å². The molecule has 2 aromatic carbocycles. The highest BCUT2D eigenvalue weighted by Crippen LogP contribution is 2.26. The van der Waals surface area contributed by atoms with Crippen LogP contribution < -0.4 is 10.6 Å². The third-order valence-corrected chi connectivity index (χ3v) is 5.64. The summed E-state index contributed by atoms with van der Waals surface area (Å²) >= 11 is 0. The smallest absolute Gasteiger partial charge is 0.217 e. The van der Waals surface area contributed by atoms with Crippen LogP contribution in [0.1, 0.15) is 44.4 Å². The molecule has 192 valence electrons. The standard InChI is InChI=1S/C28H34F2N4O2/c1-18(35)34-25(12-20-10-22(29)13-23(30)11-20)27(36)17-32-15-21-9-19(14-28(2,3)4)5-6-24(21)26-16-31-7-8-33-26/h5-11,13,16,25,27,32,36H,12,14-15,17H2,1-4H3,(H,34,35). The molecular formula is C28H34F2N4O2. The van der Waals surface area contributed by atoms with Gasteiger partial charge in [0.05, 0.1) is 24.0 Å². The molecule has 0 spiro atoms. The number of aliphatic hydroxyl groups is 1. The highest BCUT2D eigenvalue weighted by Gasteiger charge is 2.22. The van der Waals surface area contributed by atoms with Crippen molar-refractivity contribution >= 4 is 5.91 Å². The van der Waals surface area contributed by atoms with E-state index >= 15 is 0 Å². The number of hydrogen-bond donors (Lipinski definition) is 3. The van der Waals surface area contributed by atoms with Crippen LogP contribution in [0.2, 0.25) is 0 Å². The minimum Gasteiger partial charge on any atom is -0.390 e. The Kier molecular flexibility index (Phi) is 9.23. The Bertz CT molecular complexity index is 1150. The first-order chi connectivity index (χ1) is 17.0. The number of rotatable bonds is 10. The van der Waals surface area contributed by atoms with Crippen molar-refractivity contribution in [3.05, 3.63) is 83.3 Å². The van der Waals surface area contributed by atoms with Gasteiger partial charge < -0.3 is 15.7 Å². The SMILES string of the molecule is CC(=O)NC(Cc1cc(F)cc(F)c1)C(O)CNCc1cc(CC(C)(C)C)ccc1-c1cnccn1. The highest BCUT2D eigenvalue weighted by atomic mass is 19.1. The van der Waals surface area contributed by atoms with Crippen LogP contribution in [0.3, 0.4) is 0 Å². The van der Waals surface area contributed by atoms with Crippen LogP contribution in [0.4, 0.5) is 8.78 Å². The van der Waals surface area contributed by atoms with Crippen molar-refractivity contribution in [3.8, 4) is 11.3 Å². The first kappa shape index (κ1) is 27.4. The molecule has 0 aliphatic carbocycles. The number of amides is 1. The Morgan fingerprint density at radius 3 is 2.39 bits per heavy atom. The fraction of sp³-hybridized carbons (Fsp3) is 0.393. The average Bonchev–Trinajstić information content (AvgIpc) is 2.77. The first-order valence-corrected chi connectivity index (χ1v) is 12.0. The van der Waals surface area contributed by atoms with Gasteiger partial charge in [0.2, 0.25) is 5.91 Å². The zero-order valence-electron chi connectivity index (χ0n) is 21.2. The summed E-state index contributed by atoms with van der Waals surface area (Å²) in [6, 6.07) is 8.74. The lowest BCUT2D eigenvalue weighted by molar-refractivity contribution is -0.120. The Morgan fingerprint density at radius 1 is 1.06 bits per heavy atom. The van der Waals surface area contributed by atoms with Crippen molar-refractivity contribution in [2.24, 2.45) is 5.41 Å². The second-order valence-corrected chi connectivity index (χ2v) is 10.3. The fourth-order valence-corrected chi connectivity index (χ4v) is 4.23. The summed E-state index contributed by atoms with van der Waals surface area (Å²) < 4.78 is 27.3. The first-order valence-electron chi connectivity index (χ1n) is 12.0. The molecular weight excluding hydrogens is 462 g/mol. The molecule has 3 aromatic rings. The van der Waals surface area contributed by atoms with E-state index in [1.54, 1.807) is 18.6 Å². The van der Waals surface area contributed by atoms with E-state index in [0.717, 1.165) is 29.3 Å². The maximum Gasteiger partial charge on any atom is 0.217 e. The van der Waals surface area contributed by atoms with Crippen molar-refractivity contribution in [2.45, 2.75) is 59.2 Å². The van der Waals surface area contributed by atoms with Gasteiger partial charge in [-0.3, -0.25) is 14.8 Å². The summed E-state index contributed by atoms with van der Waals surface area (Å²) in [7, 11) is 0. The molecule has 36 heavy (non-hydrogen) atoms. The van der Waals surface area contributed by atoms with Crippen LogP contribution in [0.5, 0.6) is 0 Å². The molecule has 1 amide bonds. The number of aliphatic hydroxyl groups excluding tert-OH is 1. The number of nitrogens with zero attached hydrogens (tertiary/aromatic N) is 2. The average molecular weight is 497 g/mol. The zero-order chi connectivity index (χ0) is 26.3. The quantitative estimate of drug-likeness (QED) is 0.392. The van der Waals surface area contributed by atoms with Gasteiger partial charge in [0.1, 0.15) is 11.6 Å². The molecule has 0 saturated carbocycles. The maximum atomic E-state index is 13.6. The Morgan fingerprint density at radius 2 is 1.78 bits per heavy atom. The summed E-state index contributed by atoms with van der Waals surface area (Å²) in [5, 5.41) is 16.8. The second-order valence-electron chi connectivity index (χ2n) is 10.3. The Hall–Kier alpha value is -3.23. The number of hydrogen-bond acceptors (Lipinski definition) is 5. The van der Waals surface area contributed by atoms with Gasteiger partial charge in [-0.05, 0) is 47.1 Å². The van der Waals surface area contributed by atoms with Crippen molar-refractivity contribution in [1.29, 1.82) is 0 Å². The largest absolute Gasteiger partial charge is 0.390 e. The van der Waals surface area contributed by atoms with Crippen LogP contribution in [0.25, 0.3) is 11.3 Å². The number of nitrogens with one attached hydrogen (secondary N) is 2. The van der Waals surface area contributed by atoms with E-state index in [1.807, 2.05) is 6.07 Å². The maximum absolute atomic E-state index is 13.6. The third kappa shape index (κ3) is 8.46. The molecule has 2 unspecified atom stereocenters. The van der Waals surface area contributed by atoms with E-state index < -0.39 is 23.8 Å². The number of benzene rings is 2. The van der Waals surface area contributed by atoms with Crippen molar-refractivity contribution in [2.75, 3.05) is 6.54 Å². The van der Waals surface area contributed by atoms with E-state index in [4.69, 9.17) is 0 Å². The van der Waals surface area contributed by atoms with E-state index in [0.29, 0.717) is 12.1 Å². The summed E-state index contributed by atoms with van der Waals surface area (Å²) in [5.41, 5.74) is 4.36. The zero-order valence-corrected chi connectivity index (χ0v) is 21.2. The normalized spacial score (nSPS) is 13.3. The number of carbonyl (C=O) groups excluding carboxylic acids is 1. The van der Waals surface area contributed by atoms with Gasteiger partial charge >= 0.3 is 0 Å². The lowest BCUT2D eigenvalue weighted by atomic mass is 9.87. The van der Waals surface area contributed by atoms with Crippen LogP contribution in [0, 0.1) is 17.0 Å². The number of carbonyl (C=O) groups is 1. The van der Waals surface area contributed by atoms with Crippen molar-refractivity contribution in [1.82, 2.24) is 20.6 Å². The third-order valence-electron chi connectivity index (χ3n) is 5.64. The van der Waals surface area contributed by atoms with E-state index in [1.165, 1.54) is 24.6 Å². The molecule has 0 aliphatic rings. The molecule has 3 rings (SSSR count). The molecule has 1 aromatic heterocycles. The van der Waals surface area contributed by atoms with Gasteiger partial charge in [0, 0.05) is 44.0 Å². The summed E-state index contributed by atoms with van der Waals surface area (Å²) in [6.07, 6.45) is 4.98. The minimum atomic E-state index is -0.988. The molecule has 8 heteroatoms. The molecule has 0 fully saturated rings. The molecule has 0 saturated heterocycles. The fourth-order valence-electron chi connectivity index (χ4n) is 4.23. The van der Waals surface area contributed by atoms with Gasteiger partial charge in [-0.2, -0.15) is 0 Å². The van der Waals surface area contributed by atoms with Crippen LogP contribution in [-0.4, -0.2) is 39.7 Å². The van der Waals surface area contributed by atoms with Crippen molar-refractivity contribution in [3.63, 3.8) is 0 Å². The predicted molar refractivity (Wildman–Crippen MR) is 136 cm³/mol. The van der Waals surface area contributed by atoms with Gasteiger partial charge in [0.25, 0.3) is 0 Å². The summed E-state index contributed by atoms with van der Waals surface area (Å²) in [5.74, 6) is -1.74. The van der Waals surface area contributed by atoms with E-state index in [-0.39, 0.29) is 24.3 Å². The molecule has 3 N–H and O–H groups in total. The lowest BCUT2D eigenvalue weighted by Gasteiger charge is -2.25. The Labute approximate surface area is 211 Å².